The van der Waals surface area contributed by atoms with E-state index >= 15 is 0 Å². The summed E-state index contributed by atoms with van der Waals surface area (Å²) in [5, 5.41) is 10.3. The van der Waals surface area contributed by atoms with Crippen LogP contribution in [-0.2, 0) is 0 Å². The molecule has 0 saturated heterocycles. The first kappa shape index (κ1) is 11.8. The van der Waals surface area contributed by atoms with Gasteiger partial charge in [0.05, 0.1) is 16.7 Å². The highest BCUT2D eigenvalue weighted by atomic mass is 35.5. The second-order valence-electron chi connectivity index (χ2n) is 3.71. The van der Waals surface area contributed by atoms with Crippen molar-refractivity contribution in [3.63, 3.8) is 0 Å². The second kappa shape index (κ2) is 5.01. The van der Waals surface area contributed by atoms with Crippen molar-refractivity contribution >= 4 is 23.2 Å². The van der Waals surface area contributed by atoms with Crippen LogP contribution in [0.2, 0.25) is 10.0 Å². The molecule has 0 heterocycles. The Morgan fingerprint density at radius 1 is 1.21 bits per heavy atom. The van der Waals surface area contributed by atoms with E-state index in [1.54, 1.807) is 6.07 Å². The van der Waals surface area contributed by atoms with Crippen molar-refractivity contribution in [3.05, 3.63) is 33.8 Å². The van der Waals surface area contributed by atoms with Gasteiger partial charge in [-0.3, -0.25) is 0 Å². The van der Waals surface area contributed by atoms with Gasteiger partial charge in [0.1, 0.15) is 0 Å². The smallest absolute Gasteiger partial charge is 0.0595 e. The molecule has 1 atom stereocenters. The van der Waals surface area contributed by atoms with Gasteiger partial charge >= 0.3 is 0 Å². The Kier molecular flexibility index (Phi) is 4.24. The third-order valence-corrected chi connectivity index (χ3v) is 3.11. The largest absolute Gasteiger partial charge is 0.396 e. The average Bonchev–Trinajstić information content (AvgIpc) is 2.11. The van der Waals surface area contributed by atoms with E-state index < -0.39 is 0 Å². The molecule has 1 N–H and O–H groups in total. The van der Waals surface area contributed by atoms with Crippen molar-refractivity contribution in [2.75, 3.05) is 6.61 Å². The molecule has 0 bridgehead atoms. The number of benzene rings is 1. The molecule has 0 aliphatic carbocycles. The molecule has 0 spiro atoms. The Labute approximate surface area is 94.7 Å². The Morgan fingerprint density at radius 3 is 2.29 bits per heavy atom. The predicted octanol–water partition coefficient (Wildman–Crippen LogP) is 3.73. The fraction of sp³-hybridized carbons (Fsp3) is 0.455. The summed E-state index contributed by atoms with van der Waals surface area (Å²) >= 11 is 11.7. The Morgan fingerprint density at radius 2 is 1.86 bits per heavy atom. The van der Waals surface area contributed by atoms with E-state index in [0.29, 0.717) is 16.0 Å². The van der Waals surface area contributed by atoms with E-state index in [9.17, 15) is 5.11 Å². The summed E-state index contributed by atoms with van der Waals surface area (Å²) in [6.07, 6.45) is 0. The van der Waals surface area contributed by atoms with Crippen LogP contribution in [0.15, 0.2) is 18.2 Å². The summed E-state index contributed by atoms with van der Waals surface area (Å²) in [4.78, 5) is 0. The monoisotopic (exact) mass is 232 g/mol. The van der Waals surface area contributed by atoms with Crippen LogP contribution in [0.5, 0.6) is 0 Å². The highest BCUT2D eigenvalue weighted by Crippen LogP contribution is 2.29. The molecular weight excluding hydrogens is 219 g/mol. The molecule has 0 fully saturated rings. The van der Waals surface area contributed by atoms with E-state index in [1.165, 1.54) is 0 Å². The number of halogens is 2. The van der Waals surface area contributed by atoms with Crippen molar-refractivity contribution in [3.8, 4) is 0 Å². The van der Waals surface area contributed by atoms with E-state index in [2.05, 4.69) is 13.8 Å². The topological polar surface area (TPSA) is 20.2 Å². The molecule has 1 rings (SSSR count). The van der Waals surface area contributed by atoms with Gasteiger partial charge in [-0.05, 0) is 23.6 Å². The number of rotatable bonds is 3. The van der Waals surface area contributed by atoms with Crippen LogP contribution in [0.1, 0.15) is 25.3 Å². The van der Waals surface area contributed by atoms with Crippen molar-refractivity contribution in [1.29, 1.82) is 0 Å². The predicted molar refractivity (Wildman–Crippen MR) is 61.1 cm³/mol. The third-order valence-electron chi connectivity index (χ3n) is 2.37. The van der Waals surface area contributed by atoms with Crippen LogP contribution < -0.4 is 0 Å². The van der Waals surface area contributed by atoms with Gasteiger partial charge < -0.3 is 5.11 Å². The van der Waals surface area contributed by atoms with Crippen LogP contribution in [-0.4, -0.2) is 11.7 Å². The van der Waals surface area contributed by atoms with Crippen LogP contribution in [0.4, 0.5) is 0 Å². The minimum Gasteiger partial charge on any atom is -0.396 e. The third kappa shape index (κ3) is 2.63. The van der Waals surface area contributed by atoms with Gasteiger partial charge in [-0.25, -0.2) is 0 Å². The molecule has 3 heteroatoms. The maximum atomic E-state index is 9.23. The van der Waals surface area contributed by atoms with Gasteiger partial charge in [0.2, 0.25) is 0 Å². The lowest BCUT2D eigenvalue weighted by Gasteiger charge is -2.18. The molecule has 1 aromatic rings. The van der Waals surface area contributed by atoms with Crippen LogP contribution >= 0.6 is 23.2 Å². The number of hydrogen-bond acceptors (Lipinski definition) is 1. The number of hydrogen-bond donors (Lipinski definition) is 1. The lowest BCUT2D eigenvalue weighted by Crippen LogP contribution is -2.11. The molecule has 1 unspecified atom stereocenters. The van der Waals surface area contributed by atoms with Crippen LogP contribution in [0.3, 0.4) is 0 Å². The summed E-state index contributed by atoms with van der Waals surface area (Å²) < 4.78 is 0. The molecular formula is C11H14Cl2O. The Bertz CT molecular complexity index is 310. The minimum atomic E-state index is 0.129. The highest BCUT2D eigenvalue weighted by Gasteiger charge is 2.15. The molecule has 0 saturated carbocycles. The quantitative estimate of drug-likeness (QED) is 0.843. The minimum absolute atomic E-state index is 0.129. The van der Waals surface area contributed by atoms with Gasteiger partial charge in [0.25, 0.3) is 0 Å². The molecule has 0 radical (unpaired) electrons. The molecule has 14 heavy (non-hydrogen) atoms. The molecule has 1 nitrogen and oxygen atoms in total. The first-order valence-electron chi connectivity index (χ1n) is 4.62. The maximum absolute atomic E-state index is 9.23. The molecule has 78 valence electrons. The van der Waals surface area contributed by atoms with Crippen LogP contribution in [0, 0.1) is 5.92 Å². The fourth-order valence-corrected chi connectivity index (χ4v) is 1.75. The fourth-order valence-electron chi connectivity index (χ4n) is 1.44. The molecule has 0 aliphatic rings. The van der Waals surface area contributed by atoms with Gasteiger partial charge in [-0.15, -0.1) is 0 Å². The molecule has 1 aromatic carbocycles. The normalized spacial score (nSPS) is 13.3. The van der Waals surface area contributed by atoms with Crippen LogP contribution in [0.25, 0.3) is 0 Å². The maximum Gasteiger partial charge on any atom is 0.0595 e. The van der Waals surface area contributed by atoms with Gasteiger partial charge in [0.15, 0.2) is 0 Å². The SMILES string of the molecule is CC(C)C(CO)c1ccc(Cl)c(Cl)c1. The zero-order chi connectivity index (χ0) is 10.7. The van der Waals surface area contributed by atoms with Crippen molar-refractivity contribution in [2.45, 2.75) is 19.8 Å². The Balaban J connectivity index is 3.00. The summed E-state index contributed by atoms with van der Waals surface area (Å²) in [6.45, 7) is 4.28. The zero-order valence-corrected chi connectivity index (χ0v) is 9.81. The lowest BCUT2D eigenvalue weighted by atomic mass is 9.89. The molecule has 0 aliphatic heterocycles. The average molecular weight is 233 g/mol. The number of aliphatic hydroxyl groups excluding tert-OH is 1. The summed E-state index contributed by atoms with van der Waals surface area (Å²) in [7, 11) is 0. The molecule has 0 aromatic heterocycles. The van der Waals surface area contributed by atoms with E-state index in [-0.39, 0.29) is 12.5 Å². The summed E-state index contributed by atoms with van der Waals surface area (Å²) in [5.41, 5.74) is 1.04. The Hall–Kier alpha value is -0.240. The summed E-state index contributed by atoms with van der Waals surface area (Å²) in [5.74, 6) is 0.516. The van der Waals surface area contributed by atoms with E-state index in [1.807, 2.05) is 12.1 Å². The highest BCUT2D eigenvalue weighted by molar-refractivity contribution is 6.42. The van der Waals surface area contributed by atoms with Gasteiger partial charge in [-0.2, -0.15) is 0 Å². The standard InChI is InChI=1S/C11H14Cl2O/c1-7(2)9(6-14)8-3-4-10(12)11(13)5-8/h3-5,7,9,14H,6H2,1-2H3. The zero-order valence-electron chi connectivity index (χ0n) is 8.30. The number of aliphatic hydroxyl groups is 1. The first-order chi connectivity index (χ1) is 6.56. The van der Waals surface area contributed by atoms with Gasteiger partial charge in [0, 0.05) is 5.92 Å². The molecule has 0 amide bonds. The van der Waals surface area contributed by atoms with Gasteiger partial charge in [-0.1, -0.05) is 43.1 Å². The lowest BCUT2D eigenvalue weighted by molar-refractivity contribution is 0.237. The van der Waals surface area contributed by atoms with Crippen molar-refractivity contribution in [2.24, 2.45) is 5.92 Å². The van der Waals surface area contributed by atoms with E-state index in [4.69, 9.17) is 23.2 Å². The second-order valence-corrected chi connectivity index (χ2v) is 4.52. The first-order valence-corrected chi connectivity index (χ1v) is 5.37. The van der Waals surface area contributed by atoms with Crippen molar-refractivity contribution in [1.82, 2.24) is 0 Å². The van der Waals surface area contributed by atoms with Crippen molar-refractivity contribution < 1.29 is 5.11 Å². The summed E-state index contributed by atoms with van der Waals surface area (Å²) in [6, 6.07) is 5.50. The van der Waals surface area contributed by atoms with E-state index in [0.717, 1.165) is 5.56 Å².